The fourth-order valence-electron chi connectivity index (χ4n) is 4.58. The Morgan fingerprint density at radius 3 is 2.62 bits per heavy atom. The number of halogens is 1. The summed E-state index contributed by atoms with van der Waals surface area (Å²) in [4.78, 5) is 42.7. The molecule has 204 valence electrons. The molecule has 0 radical (unpaired) electrons. The minimum atomic E-state index is -0.763. The van der Waals surface area contributed by atoms with Gasteiger partial charge in [0.05, 0.1) is 45.0 Å². The number of benzene rings is 2. The summed E-state index contributed by atoms with van der Waals surface area (Å²) in [6, 6.07) is 14.4. The Hall–Kier alpha value is -4.29. The summed E-state index contributed by atoms with van der Waals surface area (Å²) in [5, 5.41) is 11.1. The van der Waals surface area contributed by atoms with Crippen molar-refractivity contribution >= 4 is 45.0 Å². The van der Waals surface area contributed by atoms with Gasteiger partial charge in [-0.2, -0.15) is 0 Å². The molecule has 1 aliphatic rings. The molecule has 40 heavy (non-hydrogen) atoms. The molecule has 1 aliphatic heterocycles. The van der Waals surface area contributed by atoms with Crippen molar-refractivity contribution in [1.29, 1.82) is 0 Å². The van der Waals surface area contributed by atoms with Crippen LogP contribution in [0.3, 0.4) is 0 Å². The number of nitrogens with zero attached hydrogens (tertiary/aromatic N) is 4. The number of nitro benzene ring substituents is 1. The minimum absolute atomic E-state index is 0.0105. The number of thiazole rings is 1. The normalized spacial score (nSPS) is 15.0. The van der Waals surface area contributed by atoms with Crippen molar-refractivity contribution in [3.8, 4) is 11.4 Å². The molecule has 0 saturated heterocycles. The van der Waals surface area contributed by atoms with E-state index in [-0.39, 0.29) is 23.4 Å². The molecule has 10 nitrogen and oxygen atoms in total. The summed E-state index contributed by atoms with van der Waals surface area (Å²) in [5.41, 5.74) is 2.52. The Morgan fingerprint density at radius 1 is 1.23 bits per heavy atom. The van der Waals surface area contributed by atoms with Crippen LogP contribution in [0.5, 0.6) is 5.75 Å². The van der Waals surface area contributed by atoms with E-state index in [9.17, 15) is 19.7 Å². The van der Waals surface area contributed by atoms with Crippen LogP contribution < -0.4 is 19.6 Å². The first-order valence-corrected chi connectivity index (χ1v) is 13.8. The largest absolute Gasteiger partial charge is 0.496 e. The first kappa shape index (κ1) is 27.3. The lowest BCUT2D eigenvalue weighted by Gasteiger charge is -2.25. The van der Waals surface area contributed by atoms with Crippen molar-refractivity contribution in [2.24, 2.45) is 4.99 Å². The highest BCUT2D eigenvalue weighted by Crippen LogP contribution is 2.35. The standard InChI is InChI=1S/C28H23BrN4O6S/c1-4-39-27(35)24-16(2)30-28-32(25(24)17-7-12-22(38-3)21(29)14-17)26(34)23(40-28)15-20-6-5-13-31(20)18-8-10-19(11-9-18)33(36)37/h5-15,25H,4H2,1-3H3/b23-15+/t25-/m0/s1. The van der Waals surface area contributed by atoms with Gasteiger partial charge in [-0.3, -0.25) is 19.5 Å². The highest BCUT2D eigenvalue weighted by atomic mass is 79.9. The van der Waals surface area contributed by atoms with Gasteiger partial charge in [0, 0.05) is 29.7 Å². The average molecular weight is 623 g/mol. The fraction of sp³-hybridized carbons (Fsp3) is 0.179. The molecule has 3 heterocycles. The lowest BCUT2D eigenvalue weighted by Crippen LogP contribution is -2.40. The molecule has 0 amide bonds. The van der Waals surface area contributed by atoms with E-state index >= 15 is 0 Å². The maximum Gasteiger partial charge on any atom is 0.338 e. The van der Waals surface area contributed by atoms with Crippen LogP contribution in [-0.2, 0) is 9.53 Å². The van der Waals surface area contributed by atoms with Crippen LogP contribution in [-0.4, -0.2) is 33.7 Å². The Labute approximate surface area is 240 Å². The van der Waals surface area contributed by atoms with Gasteiger partial charge in [0.1, 0.15) is 5.75 Å². The molecule has 2 aromatic carbocycles. The predicted octanol–water partition coefficient (Wildman–Crippen LogP) is 4.27. The summed E-state index contributed by atoms with van der Waals surface area (Å²) in [5.74, 6) is 0.0727. The maximum absolute atomic E-state index is 13.9. The number of rotatable bonds is 7. The van der Waals surface area contributed by atoms with Gasteiger partial charge in [0.2, 0.25) is 0 Å². The number of hydrogen-bond acceptors (Lipinski definition) is 8. The predicted molar refractivity (Wildman–Crippen MR) is 154 cm³/mol. The molecule has 0 spiro atoms. The minimum Gasteiger partial charge on any atom is -0.496 e. The quantitative estimate of drug-likeness (QED) is 0.173. The Kier molecular flexibility index (Phi) is 7.55. The van der Waals surface area contributed by atoms with Gasteiger partial charge in [0.25, 0.3) is 11.2 Å². The first-order chi connectivity index (χ1) is 19.2. The second-order valence-corrected chi connectivity index (χ2v) is 10.6. The van der Waals surface area contributed by atoms with E-state index in [1.165, 1.54) is 28.0 Å². The third-order valence-corrected chi connectivity index (χ3v) is 8.01. The van der Waals surface area contributed by atoms with E-state index in [1.807, 2.05) is 35.0 Å². The molecule has 12 heteroatoms. The van der Waals surface area contributed by atoms with Crippen molar-refractivity contribution in [2.75, 3.05) is 13.7 Å². The highest BCUT2D eigenvalue weighted by molar-refractivity contribution is 9.10. The molecule has 4 aromatic rings. The first-order valence-electron chi connectivity index (χ1n) is 12.2. The van der Waals surface area contributed by atoms with Crippen molar-refractivity contribution in [3.05, 3.63) is 118 Å². The van der Waals surface area contributed by atoms with Crippen LogP contribution in [0.2, 0.25) is 0 Å². The number of carbonyl (C=O) groups is 1. The molecular weight excluding hydrogens is 600 g/mol. The molecule has 0 aliphatic carbocycles. The maximum atomic E-state index is 13.9. The number of fused-ring (bicyclic) bond motifs is 1. The smallest absolute Gasteiger partial charge is 0.338 e. The number of aromatic nitrogens is 2. The van der Waals surface area contributed by atoms with Gasteiger partial charge in [-0.1, -0.05) is 17.4 Å². The monoisotopic (exact) mass is 622 g/mol. The number of non-ortho nitro benzene ring substituents is 1. The van der Waals surface area contributed by atoms with Gasteiger partial charge in [-0.05, 0) is 77.8 Å². The van der Waals surface area contributed by atoms with Crippen molar-refractivity contribution in [3.63, 3.8) is 0 Å². The Morgan fingerprint density at radius 2 is 1.98 bits per heavy atom. The summed E-state index contributed by atoms with van der Waals surface area (Å²) in [7, 11) is 1.56. The lowest BCUT2D eigenvalue weighted by molar-refractivity contribution is -0.384. The van der Waals surface area contributed by atoms with Crippen LogP contribution in [0.25, 0.3) is 11.8 Å². The van der Waals surface area contributed by atoms with E-state index in [0.29, 0.717) is 42.2 Å². The van der Waals surface area contributed by atoms with Crippen LogP contribution in [0.15, 0.2) is 86.3 Å². The zero-order chi connectivity index (χ0) is 28.6. The second kappa shape index (κ2) is 11.1. The number of esters is 1. The highest BCUT2D eigenvalue weighted by Gasteiger charge is 2.33. The van der Waals surface area contributed by atoms with E-state index in [0.717, 1.165) is 0 Å². The number of hydrogen-bond donors (Lipinski definition) is 0. The van der Waals surface area contributed by atoms with Crippen molar-refractivity contribution in [2.45, 2.75) is 19.9 Å². The second-order valence-electron chi connectivity index (χ2n) is 8.77. The third kappa shape index (κ3) is 4.91. The van der Waals surface area contributed by atoms with Gasteiger partial charge in [-0.15, -0.1) is 0 Å². The van der Waals surface area contributed by atoms with E-state index < -0.39 is 16.9 Å². The summed E-state index contributed by atoms with van der Waals surface area (Å²) in [6.45, 7) is 3.63. The molecule has 0 N–H and O–H groups in total. The summed E-state index contributed by atoms with van der Waals surface area (Å²) in [6.07, 6.45) is 3.56. The number of allylic oxidation sites excluding steroid dienone is 1. The molecule has 1 atom stereocenters. The molecule has 0 unspecified atom stereocenters. The van der Waals surface area contributed by atoms with Crippen LogP contribution in [0.1, 0.15) is 31.1 Å². The summed E-state index contributed by atoms with van der Waals surface area (Å²) >= 11 is 4.73. The van der Waals surface area contributed by atoms with Gasteiger partial charge >= 0.3 is 5.97 Å². The van der Waals surface area contributed by atoms with Gasteiger partial charge < -0.3 is 14.0 Å². The Balaban J connectivity index is 1.67. The third-order valence-electron chi connectivity index (χ3n) is 6.41. The number of methoxy groups -OCH3 is 1. The van der Waals surface area contributed by atoms with Crippen molar-refractivity contribution in [1.82, 2.24) is 9.13 Å². The molecule has 5 rings (SSSR count). The van der Waals surface area contributed by atoms with Crippen molar-refractivity contribution < 1.29 is 19.2 Å². The molecular formula is C28H23BrN4O6S. The SMILES string of the molecule is CCOC(=O)C1=C(C)N=c2s/c(=C/c3cccn3-c3ccc([N+](=O)[O-])cc3)c(=O)n2[C@H]1c1ccc(OC)c(Br)c1. The zero-order valence-corrected chi connectivity index (χ0v) is 24.1. The molecule has 0 fully saturated rings. The van der Waals surface area contributed by atoms with E-state index in [4.69, 9.17) is 9.47 Å². The zero-order valence-electron chi connectivity index (χ0n) is 21.7. The Bertz CT molecular complexity index is 1850. The van der Waals surface area contributed by atoms with Crippen LogP contribution in [0.4, 0.5) is 5.69 Å². The summed E-state index contributed by atoms with van der Waals surface area (Å²) < 4.78 is 15.2. The average Bonchev–Trinajstić information content (AvgIpc) is 3.52. The van der Waals surface area contributed by atoms with Crippen LogP contribution >= 0.6 is 27.3 Å². The number of ether oxygens (including phenoxy) is 2. The molecule has 0 saturated carbocycles. The topological polar surface area (TPSA) is 118 Å². The number of carbonyl (C=O) groups excluding carboxylic acids is 1. The lowest BCUT2D eigenvalue weighted by atomic mass is 9.96. The van der Waals surface area contributed by atoms with Gasteiger partial charge in [0.15, 0.2) is 4.80 Å². The van der Waals surface area contributed by atoms with Crippen LogP contribution in [0, 0.1) is 10.1 Å². The van der Waals surface area contributed by atoms with Gasteiger partial charge in [-0.25, -0.2) is 9.79 Å². The van der Waals surface area contributed by atoms with E-state index in [2.05, 4.69) is 20.9 Å². The molecule has 0 bridgehead atoms. The molecule has 2 aromatic heterocycles. The van der Waals surface area contributed by atoms with E-state index in [1.54, 1.807) is 45.2 Å². The number of nitro groups is 1. The fourth-order valence-corrected chi connectivity index (χ4v) is 6.17.